The topological polar surface area (TPSA) is 38.2 Å². The molecule has 0 saturated heterocycles. The van der Waals surface area contributed by atoms with E-state index in [4.69, 9.17) is 16.3 Å². The van der Waals surface area contributed by atoms with Crippen molar-refractivity contribution in [2.24, 2.45) is 0 Å². The van der Waals surface area contributed by atoms with Gasteiger partial charge in [-0.25, -0.2) is 14.4 Å². The largest absolute Gasteiger partial charge is 0.439 e. The third kappa shape index (κ3) is 3.42. The van der Waals surface area contributed by atoms with Crippen molar-refractivity contribution in [3.05, 3.63) is 76.8 Å². The molecule has 1 aliphatic rings. The van der Waals surface area contributed by atoms with E-state index < -0.39 is 5.82 Å². The maximum absolute atomic E-state index is 13.2. The first-order chi connectivity index (χ1) is 12.2. The molecule has 6 heteroatoms. The lowest BCUT2D eigenvalue weighted by Crippen LogP contribution is -2.30. The van der Waals surface area contributed by atoms with E-state index in [1.807, 2.05) is 0 Å². The quantitative estimate of drug-likeness (QED) is 0.687. The van der Waals surface area contributed by atoms with E-state index in [9.17, 15) is 4.39 Å². The second-order valence-corrected chi connectivity index (χ2v) is 6.24. The van der Waals surface area contributed by atoms with Gasteiger partial charge in [0.2, 0.25) is 5.88 Å². The number of nitrogens with zero attached hydrogens (tertiary/aromatic N) is 3. The van der Waals surface area contributed by atoms with Crippen molar-refractivity contribution < 1.29 is 9.13 Å². The molecule has 1 aliphatic heterocycles. The average molecular weight is 356 g/mol. The Labute approximate surface area is 149 Å². The fourth-order valence-corrected chi connectivity index (χ4v) is 3.08. The van der Waals surface area contributed by atoms with Gasteiger partial charge in [-0.2, -0.15) is 0 Å². The van der Waals surface area contributed by atoms with Gasteiger partial charge < -0.3 is 9.64 Å². The number of halogens is 2. The van der Waals surface area contributed by atoms with Crippen LogP contribution in [0.5, 0.6) is 11.6 Å². The molecule has 0 amide bonds. The lowest BCUT2D eigenvalue weighted by Gasteiger charge is -2.29. The fourth-order valence-electron chi connectivity index (χ4n) is 2.91. The Morgan fingerprint density at radius 2 is 1.88 bits per heavy atom. The first kappa shape index (κ1) is 15.8. The van der Waals surface area contributed by atoms with Gasteiger partial charge in [0.15, 0.2) is 0 Å². The molecule has 0 radical (unpaired) electrons. The Balaban J connectivity index is 1.55. The van der Waals surface area contributed by atoms with E-state index in [1.165, 1.54) is 35.7 Å². The zero-order chi connectivity index (χ0) is 17.2. The zero-order valence-corrected chi connectivity index (χ0v) is 14.1. The molecule has 0 bridgehead atoms. The van der Waals surface area contributed by atoms with Crippen LogP contribution in [0.15, 0.2) is 54.9 Å². The highest BCUT2D eigenvalue weighted by Crippen LogP contribution is 2.28. The zero-order valence-electron chi connectivity index (χ0n) is 13.3. The van der Waals surface area contributed by atoms with Crippen LogP contribution in [0, 0.1) is 5.82 Å². The molecule has 2 heterocycles. The number of benzene rings is 2. The fraction of sp³-hybridized carbons (Fsp3) is 0.158. The van der Waals surface area contributed by atoms with Crippen molar-refractivity contribution in [1.29, 1.82) is 0 Å². The monoisotopic (exact) mass is 355 g/mol. The first-order valence-corrected chi connectivity index (χ1v) is 8.33. The van der Waals surface area contributed by atoms with Gasteiger partial charge in [0.25, 0.3) is 0 Å². The second-order valence-electron chi connectivity index (χ2n) is 5.83. The SMILES string of the molecule is Fc1ccc(Oc2cc(N3CCc4ccccc4C3)ncn2)cc1Cl. The highest BCUT2D eigenvalue weighted by Gasteiger charge is 2.17. The number of ether oxygens (including phenoxy) is 1. The van der Waals surface area contributed by atoms with Crippen LogP contribution in [0.2, 0.25) is 5.02 Å². The van der Waals surface area contributed by atoms with E-state index in [1.54, 1.807) is 6.07 Å². The van der Waals surface area contributed by atoms with Gasteiger partial charge in [0.05, 0.1) is 5.02 Å². The number of anilines is 1. The van der Waals surface area contributed by atoms with Crippen LogP contribution in [0.4, 0.5) is 10.2 Å². The third-order valence-corrected chi connectivity index (χ3v) is 4.49. The van der Waals surface area contributed by atoms with Crippen molar-refractivity contribution in [3.63, 3.8) is 0 Å². The standard InChI is InChI=1S/C19H15ClFN3O/c20-16-9-15(5-6-17(16)21)25-19-10-18(22-12-23-19)24-8-7-13-3-1-2-4-14(13)11-24/h1-6,9-10,12H,7-8,11H2. The number of hydrogen-bond acceptors (Lipinski definition) is 4. The predicted octanol–water partition coefficient (Wildman–Crippen LogP) is 4.62. The Kier molecular flexibility index (Phi) is 4.24. The molecule has 3 aromatic rings. The summed E-state index contributed by atoms with van der Waals surface area (Å²) >= 11 is 5.78. The van der Waals surface area contributed by atoms with Gasteiger partial charge in [-0.3, -0.25) is 0 Å². The smallest absolute Gasteiger partial charge is 0.224 e. The van der Waals surface area contributed by atoms with Crippen LogP contribution in [-0.2, 0) is 13.0 Å². The summed E-state index contributed by atoms with van der Waals surface area (Å²) in [6, 6.07) is 14.4. The molecule has 0 spiro atoms. The van der Waals surface area contributed by atoms with Gasteiger partial charge >= 0.3 is 0 Å². The summed E-state index contributed by atoms with van der Waals surface area (Å²) in [5.74, 6) is 1.14. The molecular weight excluding hydrogens is 341 g/mol. The Hall–Kier alpha value is -2.66. The normalized spacial score (nSPS) is 13.4. The Morgan fingerprint density at radius 1 is 1.04 bits per heavy atom. The molecule has 0 N–H and O–H groups in total. The summed E-state index contributed by atoms with van der Waals surface area (Å²) in [6.07, 6.45) is 2.44. The highest BCUT2D eigenvalue weighted by atomic mass is 35.5. The molecular formula is C19H15ClFN3O. The summed E-state index contributed by atoms with van der Waals surface area (Å²) < 4.78 is 18.9. The lowest BCUT2D eigenvalue weighted by molar-refractivity contribution is 0.459. The minimum absolute atomic E-state index is 0.0133. The van der Waals surface area contributed by atoms with E-state index >= 15 is 0 Å². The molecule has 0 atom stereocenters. The van der Waals surface area contributed by atoms with Crippen LogP contribution < -0.4 is 9.64 Å². The van der Waals surface area contributed by atoms with E-state index in [0.717, 1.165) is 25.3 Å². The van der Waals surface area contributed by atoms with E-state index in [0.29, 0.717) is 11.6 Å². The van der Waals surface area contributed by atoms with Crippen LogP contribution in [0.25, 0.3) is 0 Å². The lowest BCUT2D eigenvalue weighted by atomic mass is 10.00. The average Bonchev–Trinajstić information content (AvgIpc) is 2.65. The van der Waals surface area contributed by atoms with Crippen LogP contribution >= 0.6 is 11.6 Å². The Morgan fingerprint density at radius 3 is 2.72 bits per heavy atom. The molecule has 4 rings (SSSR count). The maximum Gasteiger partial charge on any atom is 0.224 e. The number of fused-ring (bicyclic) bond motifs is 1. The molecule has 0 saturated carbocycles. The number of hydrogen-bond donors (Lipinski definition) is 0. The third-order valence-electron chi connectivity index (χ3n) is 4.20. The highest BCUT2D eigenvalue weighted by molar-refractivity contribution is 6.30. The molecule has 0 aliphatic carbocycles. The number of aromatic nitrogens is 2. The second kappa shape index (κ2) is 6.69. The van der Waals surface area contributed by atoms with Gasteiger partial charge in [0, 0.05) is 25.2 Å². The molecule has 0 unspecified atom stereocenters. The summed E-state index contributed by atoms with van der Waals surface area (Å²) in [4.78, 5) is 10.7. The van der Waals surface area contributed by atoms with E-state index in [-0.39, 0.29) is 5.02 Å². The first-order valence-electron chi connectivity index (χ1n) is 7.96. The summed E-state index contributed by atoms with van der Waals surface area (Å²) in [6.45, 7) is 1.69. The van der Waals surface area contributed by atoms with E-state index in [2.05, 4.69) is 39.1 Å². The van der Waals surface area contributed by atoms with Gasteiger partial charge in [-0.15, -0.1) is 0 Å². The van der Waals surface area contributed by atoms with Crippen molar-refractivity contribution >= 4 is 17.4 Å². The summed E-state index contributed by atoms with van der Waals surface area (Å²) in [5, 5.41) is 0.0133. The van der Waals surface area contributed by atoms with Crippen LogP contribution in [0.3, 0.4) is 0 Å². The van der Waals surface area contributed by atoms with Crippen LogP contribution in [-0.4, -0.2) is 16.5 Å². The predicted molar refractivity (Wildman–Crippen MR) is 94.7 cm³/mol. The minimum Gasteiger partial charge on any atom is -0.439 e. The van der Waals surface area contributed by atoms with Crippen LogP contribution in [0.1, 0.15) is 11.1 Å². The van der Waals surface area contributed by atoms with Crippen molar-refractivity contribution in [2.75, 3.05) is 11.4 Å². The maximum atomic E-state index is 13.2. The van der Waals surface area contributed by atoms with Crippen molar-refractivity contribution in [2.45, 2.75) is 13.0 Å². The molecule has 126 valence electrons. The summed E-state index contributed by atoms with van der Waals surface area (Å²) in [5.41, 5.74) is 2.69. The minimum atomic E-state index is -0.482. The van der Waals surface area contributed by atoms with Gasteiger partial charge in [0.1, 0.15) is 23.7 Å². The summed E-state index contributed by atoms with van der Waals surface area (Å²) in [7, 11) is 0. The number of rotatable bonds is 3. The Bertz CT molecular complexity index is 919. The molecule has 4 nitrogen and oxygen atoms in total. The molecule has 0 fully saturated rings. The van der Waals surface area contributed by atoms with Crippen molar-refractivity contribution in [3.8, 4) is 11.6 Å². The van der Waals surface area contributed by atoms with Gasteiger partial charge in [-0.1, -0.05) is 35.9 Å². The van der Waals surface area contributed by atoms with Gasteiger partial charge in [-0.05, 0) is 29.7 Å². The molecule has 25 heavy (non-hydrogen) atoms. The van der Waals surface area contributed by atoms with Crippen molar-refractivity contribution in [1.82, 2.24) is 9.97 Å². The molecule has 1 aromatic heterocycles. The molecule has 2 aromatic carbocycles.